The van der Waals surface area contributed by atoms with E-state index in [1.165, 1.54) is 24.7 Å². The first-order chi connectivity index (χ1) is 8.35. The van der Waals surface area contributed by atoms with Crippen LogP contribution in [0.25, 0.3) is 0 Å². The van der Waals surface area contributed by atoms with Crippen molar-refractivity contribution in [1.29, 1.82) is 0 Å². The Kier molecular flexibility index (Phi) is 2.40. The summed E-state index contributed by atoms with van der Waals surface area (Å²) >= 11 is 0. The molecule has 2 aromatic rings. The molecule has 1 aliphatic rings. The first kappa shape index (κ1) is 10.1. The zero-order valence-electron chi connectivity index (χ0n) is 9.13. The Bertz CT molecular complexity index is 543. The average molecular weight is 229 g/mol. The number of benzene rings is 1. The van der Waals surface area contributed by atoms with Gasteiger partial charge in [0.15, 0.2) is 6.29 Å². The highest BCUT2D eigenvalue weighted by molar-refractivity contribution is 5.70. The molecule has 1 aromatic carbocycles. The molecule has 0 N–H and O–H groups in total. The number of hydrogen-bond donors (Lipinski definition) is 0. The molecule has 0 aliphatic heterocycles. The Balaban J connectivity index is 1.79. The highest BCUT2D eigenvalue weighted by atomic mass is 16.6. The number of ether oxygens (including phenoxy) is 1. The molecule has 1 heterocycles. The maximum atomic E-state index is 10.4. The molecule has 0 amide bonds. The van der Waals surface area contributed by atoms with Crippen LogP contribution in [0.3, 0.4) is 0 Å². The number of rotatable bonds is 4. The van der Waals surface area contributed by atoms with Crippen LogP contribution in [0.1, 0.15) is 34.8 Å². The first-order valence-electron chi connectivity index (χ1n) is 5.53. The number of aldehydes is 1. The number of carbonyl (C=O) groups is 1. The molecule has 1 aromatic heterocycles. The standard InChI is InChI=1S/C13H11NO3/c15-7-11-8-16-13(14-11)17-12-3-1-2-10(6-12)9-4-5-9/h1-3,6-9H,4-5H2. The van der Waals surface area contributed by atoms with E-state index in [4.69, 9.17) is 9.15 Å². The Hall–Kier alpha value is -2.10. The van der Waals surface area contributed by atoms with Gasteiger partial charge in [0.05, 0.1) is 0 Å². The van der Waals surface area contributed by atoms with Crippen molar-refractivity contribution in [3.63, 3.8) is 0 Å². The van der Waals surface area contributed by atoms with Gasteiger partial charge in [0.1, 0.15) is 17.7 Å². The summed E-state index contributed by atoms with van der Waals surface area (Å²) in [5.41, 5.74) is 1.52. The second kappa shape index (κ2) is 4.05. The predicted molar refractivity (Wildman–Crippen MR) is 60.4 cm³/mol. The normalized spacial score (nSPS) is 14.6. The fourth-order valence-corrected chi connectivity index (χ4v) is 1.72. The number of carbonyl (C=O) groups excluding carboxylic acids is 1. The summed E-state index contributed by atoms with van der Waals surface area (Å²) in [4.78, 5) is 14.3. The molecule has 4 nitrogen and oxygen atoms in total. The maximum absolute atomic E-state index is 10.4. The van der Waals surface area contributed by atoms with E-state index in [0.717, 1.165) is 0 Å². The van der Waals surface area contributed by atoms with Crippen LogP contribution in [0, 0.1) is 0 Å². The van der Waals surface area contributed by atoms with E-state index < -0.39 is 0 Å². The molecule has 17 heavy (non-hydrogen) atoms. The second-order valence-electron chi connectivity index (χ2n) is 4.10. The summed E-state index contributed by atoms with van der Waals surface area (Å²) in [5.74, 6) is 1.36. The number of hydrogen-bond acceptors (Lipinski definition) is 4. The molecule has 0 unspecified atom stereocenters. The molecular formula is C13H11NO3. The molecule has 4 heteroatoms. The van der Waals surface area contributed by atoms with Gasteiger partial charge in [-0.05, 0) is 36.5 Å². The summed E-state index contributed by atoms with van der Waals surface area (Å²) in [6, 6.07) is 7.88. The molecule has 1 saturated carbocycles. The van der Waals surface area contributed by atoms with E-state index in [1.807, 2.05) is 18.2 Å². The predicted octanol–water partition coefficient (Wildman–Crippen LogP) is 3.16. The van der Waals surface area contributed by atoms with Crippen LogP contribution in [-0.4, -0.2) is 11.3 Å². The Labute approximate surface area is 98.2 Å². The van der Waals surface area contributed by atoms with Crippen molar-refractivity contribution in [1.82, 2.24) is 4.98 Å². The SMILES string of the molecule is O=Cc1coc(Oc2cccc(C3CC3)c2)n1. The van der Waals surface area contributed by atoms with E-state index in [-0.39, 0.29) is 11.8 Å². The topological polar surface area (TPSA) is 52.3 Å². The molecule has 1 fully saturated rings. The second-order valence-corrected chi connectivity index (χ2v) is 4.10. The fourth-order valence-electron chi connectivity index (χ4n) is 1.72. The molecule has 0 saturated heterocycles. The number of oxazole rings is 1. The largest absolute Gasteiger partial charge is 0.416 e. The lowest BCUT2D eigenvalue weighted by molar-refractivity contribution is 0.111. The van der Waals surface area contributed by atoms with Crippen molar-refractivity contribution in [2.45, 2.75) is 18.8 Å². The summed E-state index contributed by atoms with van der Waals surface area (Å²) < 4.78 is 10.5. The summed E-state index contributed by atoms with van der Waals surface area (Å²) in [6.45, 7) is 0. The lowest BCUT2D eigenvalue weighted by Gasteiger charge is -2.02. The first-order valence-corrected chi connectivity index (χ1v) is 5.53. The smallest absolute Gasteiger partial charge is 0.399 e. The Morgan fingerprint density at radius 1 is 1.41 bits per heavy atom. The van der Waals surface area contributed by atoms with Gasteiger partial charge < -0.3 is 9.15 Å². The summed E-state index contributed by atoms with van der Waals surface area (Å²) in [6.07, 6.45) is 4.49. The lowest BCUT2D eigenvalue weighted by atomic mass is 10.1. The van der Waals surface area contributed by atoms with Gasteiger partial charge in [0, 0.05) is 0 Å². The van der Waals surface area contributed by atoms with Crippen LogP contribution < -0.4 is 4.74 Å². The lowest BCUT2D eigenvalue weighted by Crippen LogP contribution is -1.87. The highest BCUT2D eigenvalue weighted by Gasteiger charge is 2.23. The minimum atomic E-state index is 0.0973. The quantitative estimate of drug-likeness (QED) is 0.755. The number of aromatic nitrogens is 1. The van der Waals surface area contributed by atoms with Crippen LogP contribution in [0.4, 0.5) is 0 Å². The third kappa shape index (κ3) is 2.20. The molecule has 1 aliphatic carbocycles. The van der Waals surface area contributed by atoms with Gasteiger partial charge in [-0.15, -0.1) is 0 Å². The van der Waals surface area contributed by atoms with E-state index in [9.17, 15) is 4.79 Å². The van der Waals surface area contributed by atoms with Gasteiger partial charge in [-0.1, -0.05) is 12.1 Å². The minimum Gasteiger partial charge on any atom is -0.416 e. The van der Waals surface area contributed by atoms with Crippen molar-refractivity contribution in [3.05, 3.63) is 41.8 Å². The highest BCUT2D eigenvalue weighted by Crippen LogP contribution is 2.41. The van der Waals surface area contributed by atoms with E-state index in [1.54, 1.807) is 0 Å². The molecule has 0 atom stereocenters. The molecular weight excluding hydrogens is 218 g/mol. The van der Waals surface area contributed by atoms with Crippen molar-refractivity contribution >= 4 is 6.29 Å². The Morgan fingerprint density at radius 3 is 3.00 bits per heavy atom. The zero-order chi connectivity index (χ0) is 11.7. The van der Waals surface area contributed by atoms with Crippen molar-refractivity contribution in [2.75, 3.05) is 0 Å². The van der Waals surface area contributed by atoms with Gasteiger partial charge in [0.2, 0.25) is 0 Å². The number of nitrogens with zero attached hydrogens (tertiary/aromatic N) is 1. The van der Waals surface area contributed by atoms with Gasteiger partial charge in [-0.3, -0.25) is 4.79 Å². The van der Waals surface area contributed by atoms with Gasteiger partial charge >= 0.3 is 6.08 Å². The van der Waals surface area contributed by atoms with Crippen LogP contribution >= 0.6 is 0 Å². The van der Waals surface area contributed by atoms with Crippen LogP contribution in [-0.2, 0) is 0 Å². The summed E-state index contributed by atoms with van der Waals surface area (Å²) in [5, 5.41) is 0. The third-order valence-corrected chi connectivity index (χ3v) is 2.73. The third-order valence-electron chi connectivity index (χ3n) is 2.73. The molecule has 0 radical (unpaired) electrons. The minimum absolute atomic E-state index is 0.0973. The van der Waals surface area contributed by atoms with Crippen molar-refractivity contribution in [2.24, 2.45) is 0 Å². The molecule has 0 spiro atoms. The van der Waals surface area contributed by atoms with Gasteiger partial charge in [-0.2, -0.15) is 4.98 Å². The monoisotopic (exact) mass is 229 g/mol. The van der Waals surface area contributed by atoms with Crippen LogP contribution in [0.15, 0.2) is 34.9 Å². The van der Waals surface area contributed by atoms with Crippen molar-refractivity contribution < 1.29 is 13.9 Å². The van der Waals surface area contributed by atoms with Crippen LogP contribution in [0.2, 0.25) is 0 Å². The zero-order valence-corrected chi connectivity index (χ0v) is 9.13. The van der Waals surface area contributed by atoms with Gasteiger partial charge in [-0.25, -0.2) is 0 Å². The fraction of sp³-hybridized carbons (Fsp3) is 0.231. The van der Waals surface area contributed by atoms with Crippen molar-refractivity contribution in [3.8, 4) is 11.8 Å². The molecule has 0 bridgehead atoms. The molecule has 86 valence electrons. The van der Waals surface area contributed by atoms with E-state index in [0.29, 0.717) is 18.0 Å². The van der Waals surface area contributed by atoms with Gasteiger partial charge in [0.25, 0.3) is 0 Å². The van der Waals surface area contributed by atoms with E-state index in [2.05, 4.69) is 11.1 Å². The summed E-state index contributed by atoms with van der Waals surface area (Å²) in [7, 11) is 0. The maximum Gasteiger partial charge on any atom is 0.399 e. The molecule has 3 rings (SSSR count). The Morgan fingerprint density at radius 2 is 2.29 bits per heavy atom. The van der Waals surface area contributed by atoms with E-state index >= 15 is 0 Å². The van der Waals surface area contributed by atoms with Crippen LogP contribution in [0.5, 0.6) is 11.8 Å². The average Bonchev–Trinajstić information content (AvgIpc) is 3.11.